The van der Waals surface area contributed by atoms with E-state index in [-0.39, 0.29) is 5.41 Å². The Morgan fingerprint density at radius 1 is 1.33 bits per heavy atom. The van der Waals surface area contributed by atoms with Crippen molar-refractivity contribution in [3.05, 3.63) is 42.0 Å². The molecule has 0 unspecified atom stereocenters. The van der Waals surface area contributed by atoms with E-state index in [9.17, 15) is 0 Å². The first-order chi connectivity index (χ1) is 10.4. The number of hydrogen-bond donors (Lipinski definition) is 1. The van der Waals surface area contributed by atoms with Crippen LogP contribution in [0, 0.1) is 5.92 Å². The van der Waals surface area contributed by atoms with Crippen molar-refractivity contribution in [1.82, 2.24) is 15.5 Å². The van der Waals surface area contributed by atoms with Crippen molar-refractivity contribution < 1.29 is 9.26 Å². The fourth-order valence-corrected chi connectivity index (χ4v) is 3.68. The van der Waals surface area contributed by atoms with Crippen LogP contribution in [-0.2, 0) is 12.0 Å². The van der Waals surface area contributed by atoms with Gasteiger partial charge in [0.1, 0.15) is 5.75 Å². The molecular weight excluding hydrogens is 266 g/mol. The zero-order valence-corrected chi connectivity index (χ0v) is 11.9. The molecule has 1 saturated heterocycles. The fourth-order valence-electron chi connectivity index (χ4n) is 3.68. The number of aromatic nitrogens is 2. The molecular formula is C16H19N3O2. The van der Waals surface area contributed by atoms with Crippen LogP contribution in [0.4, 0.5) is 0 Å². The summed E-state index contributed by atoms with van der Waals surface area (Å²) in [5.41, 5.74) is 0.0675. The SMILES string of the molecule is c1ccc(OCc2noc([C@@]34CCC[C@@H]3CNC4)n2)cc1. The second kappa shape index (κ2) is 5.15. The van der Waals surface area contributed by atoms with Crippen LogP contribution in [0.3, 0.4) is 0 Å². The molecule has 2 atom stereocenters. The van der Waals surface area contributed by atoms with E-state index in [1.54, 1.807) is 0 Å². The molecule has 1 aromatic heterocycles. The van der Waals surface area contributed by atoms with Gasteiger partial charge in [-0.2, -0.15) is 4.98 Å². The van der Waals surface area contributed by atoms with Gasteiger partial charge >= 0.3 is 0 Å². The third kappa shape index (κ3) is 2.21. The highest BCUT2D eigenvalue weighted by Gasteiger charge is 2.51. The Kier molecular flexibility index (Phi) is 3.15. The van der Waals surface area contributed by atoms with Gasteiger partial charge in [-0.3, -0.25) is 0 Å². The maximum atomic E-state index is 5.68. The van der Waals surface area contributed by atoms with Gasteiger partial charge in [0, 0.05) is 6.54 Å². The molecule has 5 heteroatoms. The summed E-state index contributed by atoms with van der Waals surface area (Å²) in [4.78, 5) is 4.60. The summed E-state index contributed by atoms with van der Waals surface area (Å²) in [6, 6.07) is 9.71. The van der Waals surface area contributed by atoms with Crippen LogP contribution in [0.1, 0.15) is 31.0 Å². The minimum absolute atomic E-state index is 0.0675. The van der Waals surface area contributed by atoms with Gasteiger partial charge in [-0.1, -0.05) is 29.8 Å². The van der Waals surface area contributed by atoms with Crippen LogP contribution in [0.25, 0.3) is 0 Å². The number of nitrogens with zero attached hydrogens (tertiary/aromatic N) is 2. The summed E-state index contributed by atoms with van der Waals surface area (Å²) in [6.07, 6.45) is 3.65. The number of ether oxygens (including phenoxy) is 1. The van der Waals surface area contributed by atoms with Gasteiger partial charge < -0.3 is 14.6 Å². The van der Waals surface area contributed by atoms with Gasteiger partial charge in [0.25, 0.3) is 0 Å². The topological polar surface area (TPSA) is 60.2 Å². The monoisotopic (exact) mass is 285 g/mol. The molecule has 1 aliphatic heterocycles. The predicted molar refractivity (Wildman–Crippen MR) is 77.0 cm³/mol. The molecule has 21 heavy (non-hydrogen) atoms. The smallest absolute Gasteiger partial charge is 0.234 e. The Labute approximate surface area is 123 Å². The van der Waals surface area contributed by atoms with E-state index < -0.39 is 0 Å². The standard InChI is InChI=1S/C16H19N3O2/c1-2-6-13(7-3-1)20-10-14-18-15(21-19-14)16-8-4-5-12(16)9-17-11-16/h1-3,6-7,12,17H,4-5,8-11H2/t12-,16-/m1/s1. The Morgan fingerprint density at radius 3 is 3.14 bits per heavy atom. The van der Waals surface area contributed by atoms with Crippen LogP contribution >= 0.6 is 0 Å². The van der Waals surface area contributed by atoms with Crippen molar-refractivity contribution >= 4 is 0 Å². The van der Waals surface area contributed by atoms with Crippen LogP contribution in [0.15, 0.2) is 34.9 Å². The van der Waals surface area contributed by atoms with Crippen LogP contribution in [0.5, 0.6) is 5.75 Å². The lowest BCUT2D eigenvalue weighted by Gasteiger charge is -2.22. The third-order valence-electron chi connectivity index (χ3n) is 4.79. The zero-order valence-electron chi connectivity index (χ0n) is 11.9. The Morgan fingerprint density at radius 2 is 2.24 bits per heavy atom. The summed E-state index contributed by atoms with van der Waals surface area (Å²) < 4.78 is 11.2. The lowest BCUT2D eigenvalue weighted by molar-refractivity contribution is 0.257. The summed E-state index contributed by atoms with van der Waals surface area (Å²) in [7, 11) is 0. The molecule has 1 saturated carbocycles. The minimum Gasteiger partial charge on any atom is -0.485 e. The van der Waals surface area contributed by atoms with E-state index >= 15 is 0 Å². The summed E-state index contributed by atoms with van der Waals surface area (Å²) in [5, 5.41) is 7.56. The van der Waals surface area contributed by atoms with E-state index in [1.165, 1.54) is 12.8 Å². The van der Waals surface area contributed by atoms with Crippen molar-refractivity contribution in [2.45, 2.75) is 31.3 Å². The second-order valence-corrected chi connectivity index (χ2v) is 5.99. The lowest BCUT2D eigenvalue weighted by atomic mass is 9.80. The van der Waals surface area contributed by atoms with Gasteiger partial charge in [0.2, 0.25) is 11.7 Å². The molecule has 0 amide bonds. The molecule has 1 N–H and O–H groups in total. The Balaban J connectivity index is 1.48. The van der Waals surface area contributed by atoms with E-state index in [0.29, 0.717) is 18.3 Å². The maximum absolute atomic E-state index is 5.68. The zero-order chi connectivity index (χ0) is 14.1. The molecule has 0 radical (unpaired) electrons. The molecule has 4 rings (SSSR count). The first-order valence-corrected chi connectivity index (χ1v) is 7.58. The molecule has 2 aromatic rings. The van der Waals surface area contributed by atoms with Crippen LogP contribution in [0.2, 0.25) is 0 Å². The summed E-state index contributed by atoms with van der Waals surface area (Å²) in [5.74, 6) is 2.88. The molecule has 5 nitrogen and oxygen atoms in total. The van der Waals surface area contributed by atoms with Crippen LogP contribution in [-0.4, -0.2) is 23.2 Å². The minimum atomic E-state index is 0.0675. The second-order valence-electron chi connectivity index (χ2n) is 5.99. The summed E-state index contributed by atoms with van der Waals surface area (Å²) >= 11 is 0. The molecule has 2 heterocycles. The highest BCUT2D eigenvalue weighted by molar-refractivity contribution is 5.21. The first-order valence-electron chi connectivity index (χ1n) is 7.58. The highest BCUT2D eigenvalue weighted by atomic mass is 16.5. The number of nitrogens with one attached hydrogen (secondary N) is 1. The predicted octanol–water partition coefficient (Wildman–Crippen LogP) is 2.29. The Bertz CT molecular complexity index is 601. The van der Waals surface area contributed by atoms with E-state index in [1.807, 2.05) is 30.3 Å². The molecule has 0 spiro atoms. The van der Waals surface area contributed by atoms with Gasteiger partial charge in [0.15, 0.2) is 6.61 Å². The van der Waals surface area contributed by atoms with Crippen molar-refractivity contribution in [3.8, 4) is 5.75 Å². The summed E-state index contributed by atoms with van der Waals surface area (Å²) in [6.45, 7) is 2.37. The molecule has 1 aliphatic carbocycles. The number of para-hydroxylation sites is 1. The Hall–Kier alpha value is -1.88. The maximum Gasteiger partial charge on any atom is 0.234 e. The van der Waals surface area contributed by atoms with Crippen molar-refractivity contribution in [3.63, 3.8) is 0 Å². The van der Waals surface area contributed by atoms with Gasteiger partial charge in [-0.25, -0.2) is 0 Å². The van der Waals surface area contributed by atoms with Crippen molar-refractivity contribution in [1.29, 1.82) is 0 Å². The van der Waals surface area contributed by atoms with Gasteiger partial charge in [-0.05, 0) is 37.4 Å². The van der Waals surface area contributed by atoms with Crippen molar-refractivity contribution in [2.75, 3.05) is 13.1 Å². The third-order valence-corrected chi connectivity index (χ3v) is 4.79. The first kappa shape index (κ1) is 12.8. The molecule has 2 fully saturated rings. The fraction of sp³-hybridized carbons (Fsp3) is 0.500. The molecule has 0 bridgehead atoms. The average molecular weight is 285 g/mol. The van der Waals surface area contributed by atoms with E-state index in [0.717, 1.165) is 31.2 Å². The number of fused-ring (bicyclic) bond motifs is 1. The quantitative estimate of drug-likeness (QED) is 0.934. The van der Waals surface area contributed by atoms with Gasteiger partial charge in [0.05, 0.1) is 5.41 Å². The largest absolute Gasteiger partial charge is 0.485 e. The molecule has 2 aliphatic rings. The van der Waals surface area contributed by atoms with Gasteiger partial charge in [-0.15, -0.1) is 0 Å². The number of hydrogen-bond acceptors (Lipinski definition) is 5. The van der Waals surface area contributed by atoms with E-state index in [2.05, 4.69) is 15.5 Å². The lowest BCUT2D eigenvalue weighted by Crippen LogP contribution is -2.31. The normalized spacial score (nSPS) is 27.7. The molecule has 1 aromatic carbocycles. The van der Waals surface area contributed by atoms with E-state index in [4.69, 9.17) is 9.26 Å². The van der Waals surface area contributed by atoms with Crippen LogP contribution < -0.4 is 10.1 Å². The number of rotatable bonds is 4. The highest BCUT2D eigenvalue weighted by Crippen LogP contribution is 2.47. The average Bonchev–Trinajstić information content (AvgIpc) is 3.21. The number of benzene rings is 1. The van der Waals surface area contributed by atoms with Crippen molar-refractivity contribution in [2.24, 2.45) is 5.92 Å². The molecule has 110 valence electrons.